The number of amides is 1. The minimum atomic E-state index is 0.0770. The van der Waals surface area contributed by atoms with Crippen LogP contribution < -0.4 is 0 Å². The Bertz CT molecular complexity index is 635. The number of piperidine rings is 1. The number of likely N-dealkylation sites (tertiary alicyclic amines) is 1. The van der Waals surface area contributed by atoms with Crippen LogP contribution in [0.4, 0.5) is 0 Å². The number of hydrogen-bond donors (Lipinski definition) is 0. The van der Waals surface area contributed by atoms with Gasteiger partial charge >= 0.3 is 0 Å². The van der Waals surface area contributed by atoms with Crippen LogP contribution in [0.1, 0.15) is 48.6 Å². The Balaban J connectivity index is 1.71. The molecule has 2 aromatic heterocycles. The molecule has 1 aliphatic rings. The Kier molecular flexibility index (Phi) is 5.10. The first-order valence-corrected chi connectivity index (χ1v) is 9.24. The molecule has 1 atom stereocenters. The first-order chi connectivity index (χ1) is 11.1. The van der Waals surface area contributed by atoms with Crippen molar-refractivity contribution in [3.63, 3.8) is 0 Å². The molecule has 0 aromatic carbocycles. The Morgan fingerprint density at radius 3 is 3.04 bits per heavy atom. The van der Waals surface area contributed by atoms with Crippen molar-refractivity contribution < 1.29 is 4.79 Å². The zero-order chi connectivity index (χ0) is 16.2. The standard InChI is InChI=1S/C17H24N4OS/c1-13(2)10-16-19-15(12-23-16)17(22)21-9-4-3-6-14(21)11-20-8-5-7-18-20/h5,7-8,12-14H,3-4,6,9-11H2,1-2H3/t14-/m1/s1. The first-order valence-electron chi connectivity index (χ1n) is 8.36. The van der Waals surface area contributed by atoms with E-state index in [4.69, 9.17) is 0 Å². The SMILES string of the molecule is CC(C)Cc1nc(C(=O)N2CCCC[C@@H]2Cn2cccn2)cs1. The van der Waals surface area contributed by atoms with E-state index in [1.165, 1.54) is 6.42 Å². The lowest BCUT2D eigenvalue weighted by molar-refractivity contribution is 0.0578. The molecule has 6 heteroatoms. The van der Waals surface area contributed by atoms with Crippen molar-refractivity contribution in [1.29, 1.82) is 0 Å². The molecule has 124 valence electrons. The molecule has 0 aliphatic carbocycles. The van der Waals surface area contributed by atoms with Crippen LogP contribution in [0.2, 0.25) is 0 Å². The predicted molar refractivity (Wildman–Crippen MR) is 91.6 cm³/mol. The predicted octanol–water partition coefficient (Wildman–Crippen LogP) is 3.23. The van der Waals surface area contributed by atoms with Crippen molar-refractivity contribution >= 4 is 17.2 Å². The van der Waals surface area contributed by atoms with Gasteiger partial charge < -0.3 is 4.90 Å². The van der Waals surface area contributed by atoms with Gasteiger partial charge in [-0.1, -0.05) is 13.8 Å². The number of nitrogens with zero attached hydrogens (tertiary/aromatic N) is 4. The number of aromatic nitrogens is 3. The van der Waals surface area contributed by atoms with Crippen LogP contribution in [0.5, 0.6) is 0 Å². The second kappa shape index (κ2) is 7.25. The van der Waals surface area contributed by atoms with Crippen molar-refractivity contribution in [1.82, 2.24) is 19.7 Å². The zero-order valence-electron chi connectivity index (χ0n) is 13.8. The van der Waals surface area contributed by atoms with E-state index < -0.39 is 0 Å². The molecule has 0 unspecified atom stereocenters. The number of thiazole rings is 1. The molecule has 2 aromatic rings. The van der Waals surface area contributed by atoms with Crippen LogP contribution in [-0.2, 0) is 13.0 Å². The second-order valence-corrected chi connectivity index (χ2v) is 7.54. The summed E-state index contributed by atoms with van der Waals surface area (Å²) in [5.41, 5.74) is 0.609. The minimum absolute atomic E-state index is 0.0770. The summed E-state index contributed by atoms with van der Waals surface area (Å²) in [6.45, 7) is 5.94. The lowest BCUT2D eigenvalue weighted by Gasteiger charge is -2.35. The molecule has 1 fully saturated rings. The monoisotopic (exact) mass is 332 g/mol. The summed E-state index contributed by atoms with van der Waals surface area (Å²) < 4.78 is 1.92. The Morgan fingerprint density at radius 1 is 1.43 bits per heavy atom. The summed E-state index contributed by atoms with van der Waals surface area (Å²) in [6, 6.07) is 2.14. The average Bonchev–Trinajstić information content (AvgIpc) is 3.18. The molecule has 1 amide bonds. The highest BCUT2D eigenvalue weighted by atomic mass is 32.1. The van der Waals surface area contributed by atoms with Gasteiger partial charge in [0.05, 0.1) is 17.6 Å². The molecule has 3 heterocycles. The fourth-order valence-electron chi connectivity index (χ4n) is 3.08. The van der Waals surface area contributed by atoms with Gasteiger partial charge in [-0.05, 0) is 31.2 Å². The van der Waals surface area contributed by atoms with Gasteiger partial charge in [-0.3, -0.25) is 9.48 Å². The van der Waals surface area contributed by atoms with Crippen LogP contribution in [0.25, 0.3) is 0 Å². The van der Waals surface area contributed by atoms with Gasteiger partial charge in [-0.2, -0.15) is 5.10 Å². The molecule has 0 saturated carbocycles. The Labute approximate surface area is 141 Å². The average molecular weight is 332 g/mol. The maximum absolute atomic E-state index is 12.9. The molecule has 23 heavy (non-hydrogen) atoms. The Morgan fingerprint density at radius 2 is 2.30 bits per heavy atom. The molecular formula is C17H24N4OS. The van der Waals surface area contributed by atoms with E-state index in [9.17, 15) is 4.79 Å². The number of rotatable bonds is 5. The summed E-state index contributed by atoms with van der Waals surface area (Å²) in [5, 5.41) is 7.25. The summed E-state index contributed by atoms with van der Waals surface area (Å²) in [7, 11) is 0. The summed E-state index contributed by atoms with van der Waals surface area (Å²) in [6.07, 6.45) is 7.97. The summed E-state index contributed by atoms with van der Waals surface area (Å²) >= 11 is 1.60. The van der Waals surface area contributed by atoms with Gasteiger partial charge in [0.25, 0.3) is 5.91 Å². The van der Waals surface area contributed by atoms with Crippen LogP contribution in [0.15, 0.2) is 23.8 Å². The fraction of sp³-hybridized carbons (Fsp3) is 0.588. The fourth-order valence-corrected chi connectivity index (χ4v) is 4.06. The van der Waals surface area contributed by atoms with Gasteiger partial charge in [0, 0.05) is 30.7 Å². The normalized spacial score (nSPS) is 18.6. The summed E-state index contributed by atoms with van der Waals surface area (Å²) in [4.78, 5) is 19.4. The third-order valence-electron chi connectivity index (χ3n) is 4.20. The van der Waals surface area contributed by atoms with Crippen LogP contribution in [0, 0.1) is 5.92 Å². The highest BCUT2D eigenvalue weighted by Gasteiger charge is 2.29. The molecule has 3 rings (SSSR count). The number of hydrogen-bond acceptors (Lipinski definition) is 4. The first kappa shape index (κ1) is 16.2. The molecule has 0 N–H and O–H groups in total. The van der Waals surface area contributed by atoms with Crippen LogP contribution in [-0.4, -0.2) is 38.2 Å². The van der Waals surface area contributed by atoms with Gasteiger partial charge in [-0.15, -0.1) is 11.3 Å². The molecule has 0 bridgehead atoms. The van der Waals surface area contributed by atoms with Gasteiger partial charge in [0.15, 0.2) is 0 Å². The Hall–Kier alpha value is -1.69. The van der Waals surface area contributed by atoms with E-state index in [1.807, 2.05) is 27.2 Å². The van der Waals surface area contributed by atoms with E-state index in [0.717, 1.165) is 37.4 Å². The van der Waals surface area contributed by atoms with Gasteiger partial charge in [-0.25, -0.2) is 4.98 Å². The quantitative estimate of drug-likeness (QED) is 0.844. The molecule has 0 spiro atoms. The lowest BCUT2D eigenvalue weighted by Crippen LogP contribution is -2.46. The van der Waals surface area contributed by atoms with E-state index in [2.05, 4.69) is 23.9 Å². The molecule has 1 aliphatic heterocycles. The second-order valence-electron chi connectivity index (χ2n) is 6.60. The maximum Gasteiger partial charge on any atom is 0.273 e. The molecular weight excluding hydrogens is 308 g/mol. The van der Waals surface area contributed by atoms with E-state index in [1.54, 1.807) is 17.5 Å². The van der Waals surface area contributed by atoms with Crippen molar-refractivity contribution in [2.75, 3.05) is 6.54 Å². The third-order valence-corrected chi connectivity index (χ3v) is 5.07. The van der Waals surface area contributed by atoms with E-state index in [-0.39, 0.29) is 11.9 Å². The highest BCUT2D eigenvalue weighted by molar-refractivity contribution is 7.09. The third kappa shape index (κ3) is 3.99. The smallest absolute Gasteiger partial charge is 0.273 e. The minimum Gasteiger partial charge on any atom is -0.332 e. The van der Waals surface area contributed by atoms with Crippen molar-refractivity contribution in [3.8, 4) is 0 Å². The summed E-state index contributed by atoms with van der Waals surface area (Å²) in [5.74, 6) is 0.639. The van der Waals surface area contributed by atoms with Crippen molar-refractivity contribution in [3.05, 3.63) is 34.5 Å². The van der Waals surface area contributed by atoms with Crippen LogP contribution in [0.3, 0.4) is 0 Å². The molecule has 0 radical (unpaired) electrons. The van der Waals surface area contributed by atoms with Crippen molar-refractivity contribution in [2.24, 2.45) is 5.92 Å². The van der Waals surface area contributed by atoms with Crippen molar-refractivity contribution in [2.45, 2.75) is 52.1 Å². The van der Waals surface area contributed by atoms with E-state index in [0.29, 0.717) is 11.6 Å². The van der Waals surface area contributed by atoms with Gasteiger partial charge in [0.1, 0.15) is 5.69 Å². The lowest BCUT2D eigenvalue weighted by atomic mass is 10.0. The number of carbonyl (C=O) groups is 1. The maximum atomic E-state index is 12.9. The van der Waals surface area contributed by atoms with Gasteiger partial charge in [0.2, 0.25) is 0 Å². The molecule has 1 saturated heterocycles. The topological polar surface area (TPSA) is 51.0 Å². The highest BCUT2D eigenvalue weighted by Crippen LogP contribution is 2.22. The molecule has 5 nitrogen and oxygen atoms in total. The largest absolute Gasteiger partial charge is 0.332 e. The number of carbonyl (C=O) groups excluding carboxylic acids is 1. The zero-order valence-corrected chi connectivity index (χ0v) is 14.6. The van der Waals surface area contributed by atoms with Crippen LogP contribution >= 0.6 is 11.3 Å². The van der Waals surface area contributed by atoms with E-state index >= 15 is 0 Å².